The molecule has 162 valence electrons. The molecule has 8 heteroatoms. The van der Waals surface area contributed by atoms with Gasteiger partial charge < -0.3 is 0 Å². The normalized spacial score (nSPS) is 18.3. The van der Waals surface area contributed by atoms with Crippen molar-refractivity contribution in [3.8, 4) is 5.69 Å². The number of Topliss-reactive ketones (excluding diaryl/α,β-unsaturated/α-hetero) is 1. The summed E-state index contributed by atoms with van der Waals surface area (Å²) in [7, 11) is 1.59. The van der Waals surface area contributed by atoms with Crippen molar-refractivity contribution in [3.63, 3.8) is 0 Å². The largest absolute Gasteiger partial charge is 0.406 e. The number of imidazole rings is 1. The van der Waals surface area contributed by atoms with Crippen LogP contribution in [0.3, 0.4) is 0 Å². The molecule has 0 saturated carbocycles. The molecule has 0 bridgehead atoms. The highest BCUT2D eigenvalue weighted by Crippen LogP contribution is 2.32. The maximum Gasteiger partial charge on any atom is 0.406 e. The number of likely N-dealkylation sites (N-methyl/N-ethyl adjacent to an activating group) is 1. The van der Waals surface area contributed by atoms with Crippen molar-refractivity contribution < 1.29 is 19.0 Å². The van der Waals surface area contributed by atoms with Crippen LogP contribution >= 0.6 is 0 Å². The van der Waals surface area contributed by atoms with Crippen LogP contribution in [0.15, 0.2) is 29.4 Å². The molecule has 2 aromatic rings. The summed E-state index contributed by atoms with van der Waals surface area (Å²) in [4.78, 5) is 46.0. The monoisotopic (exact) mass is 422 g/mol. The summed E-state index contributed by atoms with van der Waals surface area (Å²) < 4.78 is 3.80. The van der Waals surface area contributed by atoms with E-state index in [4.69, 9.17) is 4.99 Å². The highest BCUT2D eigenvalue weighted by atomic mass is 16.2. The lowest BCUT2D eigenvalue weighted by Gasteiger charge is -2.33. The molecule has 2 aliphatic rings. The minimum absolute atomic E-state index is 0.171. The molecular weight excluding hydrogens is 394 g/mol. The summed E-state index contributed by atoms with van der Waals surface area (Å²) in [5.74, 6) is 0.364. The Hall–Kier alpha value is -3.29. The number of hydrogen-bond donors (Lipinski definition) is 0. The zero-order valence-corrected chi connectivity index (χ0v) is 19.1. The molecule has 31 heavy (non-hydrogen) atoms. The van der Waals surface area contributed by atoms with E-state index in [1.165, 1.54) is 4.90 Å². The maximum absolute atomic E-state index is 13.4. The van der Waals surface area contributed by atoms with E-state index in [0.717, 1.165) is 27.4 Å². The number of hydrogen-bond acceptors (Lipinski definition) is 4. The summed E-state index contributed by atoms with van der Waals surface area (Å²) in [5, 5.41) is 0. The molecule has 4 rings (SSSR count). The van der Waals surface area contributed by atoms with Gasteiger partial charge in [0.25, 0.3) is 5.91 Å². The fourth-order valence-electron chi connectivity index (χ4n) is 3.97. The molecule has 1 aromatic carbocycles. The van der Waals surface area contributed by atoms with Crippen molar-refractivity contribution in [2.75, 3.05) is 13.6 Å². The highest BCUT2D eigenvalue weighted by molar-refractivity contribution is 6.20. The molecule has 1 unspecified atom stereocenters. The Bertz CT molecular complexity index is 1170. The number of aliphatic imine (C=N–C) groups is 1. The molecular formula is C23H28N5O3+. The number of aromatic nitrogens is 2. The van der Waals surface area contributed by atoms with E-state index in [1.54, 1.807) is 32.4 Å². The van der Waals surface area contributed by atoms with Crippen molar-refractivity contribution in [1.82, 2.24) is 14.4 Å². The number of urea groups is 1. The Morgan fingerprint density at radius 2 is 1.84 bits per heavy atom. The lowest BCUT2D eigenvalue weighted by Crippen LogP contribution is -2.63. The average Bonchev–Trinajstić information content (AvgIpc) is 3.19. The third-order valence-electron chi connectivity index (χ3n) is 5.95. The first-order valence-corrected chi connectivity index (χ1v) is 10.3. The van der Waals surface area contributed by atoms with E-state index in [2.05, 4.69) is 18.2 Å². The predicted octanol–water partition coefficient (Wildman–Crippen LogP) is 2.78. The van der Waals surface area contributed by atoms with Crippen LogP contribution in [0, 0.1) is 26.2 Å². The molecule has 0 N–H and O–H groups in total. The van der Waals surface area contributed by atoms with Crippen LogP contribution in [0.4, 0.5) is 10.7 Å². The first kappa shape index (κ1) is 21.0. The van der Waals surface area contributed by atoms with Gasteiger partial charge in [-0.15, -0.1) is 0 Å². The fourth-order valence-corrected chi connectivity index (χ4v) is 3.97. The van der Waals surface area contributed by atoms with Gasteiger partial charge in [-0.1, -0.05) is 37.9 Å². The van der Waals surface area contributed by atoms with Crippen LogP contribution < -0.4 is 4.57 Å². The van der Waals surface area contributed by atoms with Gasteiger partial charge in [-0.3, -0.25) is 19.4 Å². The van der Waals surface area contributed by atoms with Crippen LogP contribution in [0.25, 0.3) is 5.69 Å². The number of rotatable bonds is 3. The number of fused-ring (bicyclic) bond motifs is 3. The van der Waals surface area contributed by atoms with Crippen LogP contribution in [-0.2, 0) is 9.59 Å². The van der Waals surface area contributed by atoms with Gasteiger partial charge in [0.1, 0.15) is 17.6 Å². The van der Waals surface area contributed by atoms with Gasteiger partial charge in [0.2, 0.25) is 11.9 Å². The molecule has 1 aromatic heterocycles. The molecule has 8 nitrogen and oxygen atoms in total. The van der Waals surface area contributed by atoms with E-state index >= 15 is 0 Å². The van der Waals surface area contributed by atoms with Crippen molar-refractivity contribution >= 4 is 29.5 Å². The van der Waals surface area contributed by atoms with Gasteiger partial charge in [0.15, 0.2) is 5.78 Å². The molecule has 2 aliphatic heterocycles. The zero-order valence-electron chi connectivity index (χ0n) is 19.1. The minimum Gasteiger partial charge on any atom is -0.297 e. The highest BCUT2D eigenvalue weighted by Gasteiger charge is 2.54. The number of nitrogens with zero attached hydrogens (tertiary/aromatic N) is 5. The van der Waals surface area contributed by atoms with E-state index in [-0.39, 0.29) is 12.3 Å². The van der Waals surface area contributed by atoms with Crippen molar-refractivity contribution in [1.29, 1.82) is 0 Å². The van der Waals surface area contributed by atoms with Gasteiger partial charge in [0, 0.05) is 12.5 Å². The summed E-state index contributed by atoms with van der Waals surface area (Å²) in [6, 6.07) is 4.89. The molecule has 0 spiro atoms. The fraction of sp³-hybridized carbons (Fsp3) is 0.435. The second kappa shape index (κ2) is 6.87. The molecule has 3 heterocycles. The third-order valence-corrected chi connectivity index (χ3v) is 5.95. The average molecular weight is 423 g/mol. The SMILES string of the molecule is Cc1ccc(C)c(-n2c(C)c[n+]3c2N=C2C3C(=O)N(CC(=O)C(C)(C)C)C(=O)N2C)c1. The van der Waals surface area contributed by atoms with Crippen molar-refractivity contribution in [2.24, 2.45) is 10.4 Å². The zero-order chi connectivity index (χ0) is 22.8. The number of benzene rings is 1. The van der Waals surface area contributed by atoms with Crippen LogP contribution in [0.1, 0.15) is 43.6 Å². The minimum atomic E-state index is -0.768. The van der Waals surface area contributed by atoms with Gasteiger partial charge in [0.05, 0.1) is 6.54 Å². The summed E-state index contributed by atoms with van der Waals surface area (Å²) in [5.41, 5.74) is 3.46. The standard InChI is InChI=1S/C23H28N5O3/c1-13-8-9-14(2)16(10-13)28-15(3)11-26-18-19(24-21(26)28)25(7)22(31)27(20(18)30)12-17(29)23(4,5)6/h8-11,18H,12H2,1-7H3/q+1. The first-order chi connectivity index (χ1) is 14.4. The molecule has 1 saturated heterocycles. The quantitative estimate of drug-likeness (QED) is 0.714. The van der Waals surface area contributed by atoms with E-state index < -0.39 is 23.4 Å². The van der Waals surface area contributed by atoms with Crippen molar-refractivity contribution in [3.05, 3.63) is 41.2 Å². The van der Waals surface area contributed by atoms with Gasteiger partial charge in [-0.25, -0.2) is 9.36 Å². The number of imide groups is 1. The Kier molecular flexibility index (Phi) is 4.64. The van der Waals surface area contributed by atoms with E-state index in [9.17, 15) is 14.4 Å². The van der Waals surface area contributed by atoms with E-state index in [0.29, 0.717) is 11.8 Å². The van der Waals surface area contributed by atoms with Crippen LogP contribution in [0.2, 0.25) is 0 Å². The van der Waals surface area contributed by atoms with Gasteiger partial charge in [-0.2, -0.15) is 4.57 Å². The molecule has 0 aliphatic carbocycles. The second-order valence-electron chi connectivity index (χ2n) is 9.41. The summed E-state index contributed by atoms with van der Waals surface area (Å²) in [6.07, 6.45) is 1.88. The molecule has 1 fully saturated rings. The molecule has 3 amide bonds. The Morgan fingerprint density at radius 3 is 2.48 bits per heavy atom. The Morgan fingerprint density at radius 1 is 1.16 bits per heavy atom. The molecule has 0 radical (unpaired) electrons. The van der Waals surface area contributed by atoms with Crippen LogP contribution in [0.5, 0.6) is 0 Å². The van der Waals surface area contributed by atoms with Crippen LogP contribution in [-0.4, -0.2) is 51.5 Å². The number of carbonyl (C=O) groups is 3. The topological polar surface area (TPSA) is 78.9 Å². The third kappa shape index (κ3) is 3.17. The second-order valence-corrected chi connectivity index (χ2v) is 9.41. The van der Waals surface area contributed by atoms with Gasteiger partial charge >= 0.3 is 12.0 Å². The number of aryl methyl sites for hydroxylation is 3. The van der Waals surface area contributed by atoms with Crippen molar-refractivity contribution in [2.45, 2.75) is 47.6 Å². The number of carbonyl (C=O) groups excluding carboxylic acids is 3. The Labute approximate surface area is 181 Å². The number of amidine groups is 1. The smallest absolute Gasteiger partial charge is 0.297 e. The summed E-state index contributed by atoms with van der Waals surface area (Å²) in [6.45, 7) is 11.1. The Balaban J connectivity index is 1.80. The predicted molar refractivity (Wildman–Crippen MR) is 116 cm³/mol. The number of amides is 3. The van der Waals surface area contributed by atoms with Gasteiger partial charge in [-0.05, 0) is 38.0 Å². The first-order valence-electron chi connectivity index (χ1n) is 10.3. The molecule has 1 atom stereocenters. The lowest BCUT2D eigenvalue weighted by atomic mass is 9.90. The number of ketones is 1. The lowest BCUT2D eigenvalue weighted by molar-refractivity contribution is -0.676. The maximum atomic E-state index is 13.4. The summed E-state index contributed by atoms with van der Waals surface area (Å²) >= 11 is 0. The van der Waals surface area contributed by atoms with E-state index in [1.807, 2.05) is 31.5 Å².